The van der Waals surface area contributed by atoms with Crippen LogP contribution in [0.15, 0.2) is 41.2 Å². The zero-order chi connectivity index (χ0) is 18.7. The summed E-state index contributed by atoms with van der Waals surface area (Å²) in [6.07, 6.45) is 0.0435. The van der Waals surface area contributed by atoms with E-state index < -0.39 is 6.10 Å². The van der Waals surface area contributed by atoms with Gasteiger partial charge < -0.3 is 25.3 Å². The third kappa shape index (κ3) is 4.07. The van der Waals surface area contributed by atoms with Gasteiger partial charge in [0.2, 0.25) is 0 Å². The van der Waals surface area contributed by atoms with Gasteiger partial charge in [-0.3, -0.25) is 4.79 Å². The van der Waals surface area contributed by atoms with E-state index in [4.69, 9.17) is 4.74 Å². The molecule has 0 saturated carbocycles. The lowest BCUT2D eigenvalue weighted by molar-refractivity contribution is 0.172. The summed E-state index contributed by atoms with van der Waals surface area (Å²) in [5.74, 6) is 0.835. The maximum absolute atomic E-state index is 11.6. The lowest BCUT2D eigenvalue weighted by Gasteiger charge is -2.18. The molecule has 6 nitrogen and oxygen atoms in total. The highest BCUT2D eigenvalue weighted by Gasteiger charge is 2.17. The molecule has 3 aromatic rings. The molecule has 1 aromatic heterocycles. The van der Waals surface area contributed by atoms with E-state index >= 15 is 0 Å². The Hall–Kier alpha value is -2.35. The molecule has 1 heterocycles. The Morgan fingerprint density at radius 3 is 2.65 bits per heavy atom. The zero-order valence-corrected chi connectivity index (χ0v) is 15.5. The number of aliphatic hydroxyl groups is 1. The molecule has 0 amide bonds. The van der Waals surface area contributed by atoms with Crippen LogP contribution in [0.2, 0.25) is 0 Å². The minimum atomic E-state index is -0.775. The van der Waals surface area contributed by atoms with Crippen molar-refractivity contribution in [3.8, 4) is 11.5 Å². The van der Waals surface area contributed by atoms with Gasteiger partial charge in [0.15, 0.2) is 0 Å². The second-order valence-electron chi connectivity index (χ2n) is 6.27. The maximum atomic E-state index is 11.6. The van der Waals surface area contributed by atoms with Gasteiger partial charge >= 0.3 is 4.87 Å². The molecule has 4 N–H and O–H groups in total. The lowest BCUT2D eigenvalue weighted by Crippen LogP contribution is -2.32. The van der Waals surface area contributed by atoms with Gasteiger partial charge in [-0.1, -0.05) is 29.5 Å². The summed E-state index contributed by atoms with van der Waals surface area (Å²) in [5.41, 5.74) is 2.18. The molecule has 2 atom stereocenters. The van der Waals surface area contributed by atoms with Crippen molar-refractivity contribution in [2.24, 2.45) is 0 Å². The molecule has 2 aromatic carbocycles. The van der Waals surface area contributed by atoms with Gasteiger partial charge in [0.25, 0.3) is 0 Å². The van der Waals surface area contributed by atoms with Crippen LogP contribution in [0.25, 0.3) is 10.2 Å². The van der Waals surface area contributed by atoms with Crippen LogP contribution >= 0.6 is 11.3 Å². The van der Waals surface area contributed by atoms with Gasteiger partial charge in [-0.05, 0) is 37.1 Å². The first-order valence-corrected chi connectivity index (χ1v) is 9.18. The van der Waals surface area contributed by atoms with Crippen molar-refractivity contribution in [1.29, 1.82) is 0 Å². The minimum Gasteiger partial charge on any atom is -0.506 e. The van der Waals surface area contributed by atoms with Gasteiger partial charge in [0.1, 0.15) is 17.0 Å². The quantitative estimate of drug-likeness (QED) is 0.510. The van der Waals surface area contributed by atoms with Crippen molar-refractivity contribution in [2.45, 2.75) is 25.5 Å². The topological polar surface area (TPSA) is 94.6 Å². The van der Waals surface area contributed by atoms with E-state index in [2.05, 4.69) is 17.2 Å². The predicted molar refractivity (Wildman–Crippen MR) is 103 cm³/mol. The highest BCUT2D eigenvalue weighted by molar-refractivity contribution is 7.16. The maximum Gasteiger partial charge on any atom is 0.305 e. The summed E-state index contributed by atoms with van der Waals surface area (Å²) in [5, 5.41) is 23.7. The molecule has 2 unspecified atom stereocenters. The standard InChI is InChI=1S/C19H22N2O4S/c1-11(9-12-3-5-13(25-2)6-4-12)20-10-16(23)14-7-8-15(22)17-18(14)26-19(24)21-17/h3-8,11,16,20,22-23H,9-10H2,1-2H3,(H,21,24). The number of methoxy groups -OCH3 is 1. The van der Waals surface area contributed by atoms with Gasteiger partial charge in [-0.2, -0.15) is 0 Å². The van der Waals surface area contributed by atoms with Crippen LogP contribution in [-0.2, 0) is 6.42 Å². The molecule has 26 heavy (non-hydrogen) atoms. The summed E-state index contributed by atoms with van der Waals surface area (Å²) < 4.78 is 5.75. The summed E-state index contributed by atoms with van der Waals surface area (Å²) in [6.45, 7) is 2.40. The average Bonchev–Trinajstić information content (AvgIpc) is 3.03. The molecule has 0 bridgehead atoms. The van der Waals surface area contributed by atoms with Crippen molar-refractivity contribution >= 4 is 21.6 Å². The Bertz CT molecular complexity index is 933. The van der Waals surface area contributed by atoms with Crippen LogP contribution in [0.3, 0.4) is 0 Å². The van der Waals surface area contributed by atoms with Gasteiger partial charge in [-0.15, -0.1) is 0 Å². The monoisotopic (exact) mass is 374 g/mol. The highest BCUT2D eigenvalue weighted by Crippen LogP contribution is 2.31. The van der Waals surface area contributed by atoms with E-state index in [1.165, 1.54) is 11.6 Å². The molecule has 0 saturated heterocycles. The Morgan fingerprint density at radius 2 is 1.96 bits per heavy atom. The van der Waals surface area contributed by atoms with Crippen LogP contribution in [0.4, 0.5) is 0 Å². The Labute approximate surface area is 155 Å². The number of aliphatic hydroxyl groups excluding tert-OH is 1. The number of thiazole rings is 1. The number of phenols is 1. The fourth-order valence-corrected chi connectivity index (χ4v) is 3.83. The second kappa shape index (κ2) is 7.90. The van der Waals surface area contributed by atoms with Gasteiger partial charge in [-0.25, -0.2) is 0 Å². The van der Waals surface area contributed by atoms with Crippen LogP contribution in [0.5, 0.6) is 11.5 Å². The van der Waals surface area contributed by atoms with Gasteiger partial charge in [0, 0.05) is 18.2 Å². The average molecular weight is 374 g/mol. The molecule has 3 rings (SSSR count). The van der Waals surface area contributed by atoms with E-state index in [1.54, 1.807) is 13.2 Å². The molecule has 0 radical (unpaired) electrons. The Morgan fingerprint density at radius 1 is 1.23 bits per heavy atom. The normalized spacial score (nSPS) is 13.7. The van der Waals surface area contributed by atoms with Crippen LogP contribution < -0.4 is 14.9 Å². The number of hydrogen-bond acceptors (Lipinski definition) is 6. The molecule has 0 fully saturated rings. The lowest BCUT2D eigenvalue weighted by atomic mass is 10.1. The molecule has 138 valence electrons. The second-order valence-corrected chi connectivity index (χ2v) is 7.25. The number of aromatic amines is 1. The molecule has 0 aliphatic heterocycles. The third-order valence-corrected chi connectivity index (χ3v) is 5.24. The Balaban J connectivity index is 1.64. The van der Waals surface area contributed by atoms with Crippen LogP contribution in [0.1, 0.15) is 24.2 Å². The number of aromatic hydroxyl groups is 1. The summed E-state index contributed by atoms with van der Waals surface area (Å²) in [6, 6.07) is 11.2. The molecular formula is C19H22N2O4S. The summed E-state index contributed by atoms with van der Waals surface area (Å²) >= 11 is 0.991. The predicted octanol–water partition coefficient (Wildman–Crippen LogP) is 2.56. The fraction of sp³-hybridized carbons (Fsp3) is 0.316. The minimum absolute atomic E-state index is 0.00938. The number of fused-ring (bicyclic) bond motifs is 1. The molecule has 0 aliphatic rings. The number of rotatable bonds is 7. The van der Waals surface area contributed by atoms with E-state index in [0.717, 1.165) is 23.5 Å². The first-order valence-electron chi connectivity index (χ1n) is 8.37. The van der Waals surface area contributed by atoms with Crippen LogP contribution in [0, 0.1) is 0 Å². The van der Waals surface area contributed by atoms with Crippen molar-refractivity contribution in [3.63, 3.8) is 0 Å². The van der Waals surface area contributed by atoms with Crippen molar-refractivity contribution < 1.29 is 14.9 Å². The molecule has 0 aliphatic carbocycles. The van der Waals surface area contributed by atoms with Crippen molar-refractivity contribution in [2.75, 3.05) is 13.7 Å². The first kappa shape index (κ1) is 18.4. The van der Waals surface area contributed by atoms with E-state index in [-0.39, 0.29) is 16.7 Å². The number of H-pyrrole nitrogens is 1. The number of benzene rings is 2. The number of hydrogen-bond donors (Lipinski definition) is 4. The summed E-state index contributed by atoms with van der Waals surface area (Å²) in [7, 11) is 1.64. The molecular weight excluding hydrogens is 352 g/mol. The van der Waals surface area contributed by atoms with Crippen LogP contribution in [-0.4, -0.2) is 34.9 Å². The largest absolute Gasteiger partial charge is 0.506 e. The third-order valence-electron chi connectivity index (χ3n) is 4.31. The molecule has 0 spiro atoms. The number of phenolic OH excluding ortho intramolecular Hbond substituents is 1. The van der Waals surface area contributed by atoms with E-state index in [0.29, 0.717) is 22.3 Å². The highest BCUT2D eigenvalue weighted by atomic mass is 32.1. The fourth-order valence-electron chi connectivity index (χ4n) is 2.91. The van der Waals surface area contributed by atoms with Gasteiger partial charge in [0.05, 0.1) is 17.9 Å². The number of aromatic nitrogens is 1. The van der Waals surface area contributed by atoms with E-state index in [1.807, 2.05) is 24.3 Å². The number of ether oxygens (including phenoxy) is 1. The first-order chi connectivity index (χ1) is 12.5. The Kier molecular flexibility index (Phi) is 5.61. The SMILES string of the molecule is COc1ccc(CC(C)NCC(O)c2ccc(O)c3[nH]c(=O)sc23)cc1. The zero-order valence-electron chi connectivity index (χ0n) is 14.7. The van der Waals surface area contributed by atoms with E-state index in [9.17, 15) is 15.0 Å². The smallest absolute Gasteiger partial charge is 0.305 e. The molecule has 7 heteroatoms. The summed E-state index contributed by atoms with van der Waals surface area (Å²) in [4.78, 5) is 13.9. The number of nitrogens with one attached hydrogen (secondary N) is 2. The van der Waals surface area contributed by atoms with Crippen molar-refractivity contribution in [1.82, 2.24) is 10.3 Å². The van der Waals surface area contributed by atoms with Crippen molar-refractivity contribution in [3.05, 3.63) is 57.2 Å².